The molecule has 0 aliphatic carbocycles. The number of likely N-dealkylation sites (N-methyl/N-ethyl adjacent to an activating group) is 1. The van der Waals surface area contributed by atoms with Gasteiger partial charge in [-0.1, -0.05) is 0 Å². The number of nitrogens with zero attached hydrogens (tertiary/aromatic N) is 2. The molecule has 126 valence electrons. The minimum absolute atomic E-state index is 0.0161. The topological polar surface area (TPSA) is 94.9 Å². The van der Waals surface area contributed by atoms with Crippen molar-refractivity contribution in [1.29, 1.82) is 0 Å². The summed E-state index contributed by atoms with van der Waals surface area (Å²) in [5.41, 5.74) is 0. The van der Waals surface area contributed by atoms with Gasteiger partial charge < -0.3 is 14.6 Å². The van der Waals surface area contributed by atoms with Crippen LogP contribution in [0.5, 0.6) is 0 Å². The molecule has 1 fully saturated rings. The molecule has 1 saturated heterocycles. The van der Waals surface area contributed by atoms with E-state index in [-0.39, 0.29) is 25.0 Å². The van der Waals surface area contributed by atoms with Gasteiger partial charge in [-0.3, -0.25) is 19.8 Å². The second-order valence-corrected chi connectivity index (χ2v) is 5.67. The summed E-state index contributed by atoms with van der Waals surface area (Å²) in [7, 11) is 3.39. The Morgan fingerprint density at radius 3 is 2.83 bits per heavy atom. The summed E-state index contributed by atoms with van der Waals surface area (Å²) in [5, 5.41) is 4.80. The zero-order valence-corrected chi connectivity index (χ0v) is 13.4. The van der Waals surface area contributed by atoms with E-state index in [1.54, 1.807) is 31.1 Å². The van der Waals surface area contributed by atoms with E-state index >= 15 is 0 Å². The average Bonchev–Trinajstić information content (AvgIpc) is 3.15. The molecule has 0 bridgehead atoms. The molecular weight excluding hydrogens is 300 g/mol. The number of rotatable bonds is 5. The molecular formula is C15H22N4O4. The second-order valence-electron chi connectivity index (χ2n) is 5.67. The Bertz CT molecular complexity index is 556. The number of amides is 4. The molecule has 4 amide bonds. The van der Waals surface area contributed by atoms with E-state index in [2.05, 4.69) is 10.6 Å². The monoisotopic (exact) mass is 322 g/mol. The zero-order valence-electron chi connectivity index (χ0n) is 13.4. The van der Waals surface area contributed by atoms with Gasteiger partial charge in [-0.2, -0.15) is 0 Å². The molecule has 1 atom stereocenters. The van der Waals surface area contributed by atoms with Crippen molar-refractivity contribution in [3.05, 3.63) is 24.2 Å². The molecule has 2 rings (SSSR count). The summed E-state index contributed by atoms with van der Waals surface area (Å²) in [4.78, 5) is 39.0. The van der Waals surface area contributed by atoms with E-state index in [1.807, 2.05) is 0 Å². The van der Waals surface area contributed by atoms with Crippen LogP contribution in [-0.2, 0) is 16.1 Å². The highest BCUT2D eigenvalue weighted by molar-refractivity contribution is 5.95. The predicted octanol–water partition coefficient (Wildman–Crippen LogP) is 0.158. The van der Waals surface area contributed by atoms with Gasteiger partial charge in [-0.15, -0.1) is 0 Å². The lowest BCUT2D eigenvalue weighted by molar-refractivity contribution is -0.134. The van der Waals surface area contributed by atoms with Crippen LogP contribution in [0, 0.1) is 0 Å². The van der Waals surface area contributed by atoms with Crippen molar-refractivity contribution in [2.24, 2.45) is 0 Å². The predicted molar refractivity (Wildman–Crippen MR) is 82.4 cm³/mol. The molecule has 0 radical (unpaired) electrons. The summed E-state index contributed by atoms with van der Waals surface area (Å²) in [6.07, 6.45) is 3.10. The number of nitrogens with one attached hydrogen (secondary N) is 2. The summed E-state index contributed by atoms with van der Waals surface area (Å²) in [6, 6.07) is 2.57. The molecule has 1 aromatic rings. The fraction of sp³-hybridized carbons (Fsp3) is 0.533. The average molecular weight is 322 g/mol. The van der Waals surface area contributed by atoms with Gasteiger partial charge in [0.05, 0.1) is 25.4 Å². The number of furan rings is 1. The van der Waals surface area contributed by atoms with Crippen LogP contribution < -0.4 is 10.6 Å². The molecule has 8 heteroatoms. The van der Waals surface area contributed by atoms with Gasteiger partial charge in [0.2, 0.25) is 11.8 Å². The van der Waals surface area contributed by atoms with Crippen LogP contribution in [0.25, 0.3) is 0 Å². The number of carbonyl (C=O) groups is 3. The van der Waals surface area contributed by atoms with E-state index in [1.165, 1.54) is 11.2 Å². The van der Waals surface area contributed by atoms with E-state index in [0.717, 1.165) is 12.8 Å². The van der Waals surface area contributed by atoms with Gasteiger partial charge in [-0.05, 0) is 31.5 Å². The van der Waals surface area contributed by atoms with Crippen molar-refractivity contribution in [2.45, 2.75) is 25.4 Å². The van der Waals surface area contributed by atoms with Crippen LogP contribution >= 0.6 is 0 Å². The summed E-state index contributed by atoms with van der Waals surface area (Å²) in [5.74, 6) is 0.154. The Labute approximate surface area is 134 Å². The van der Waals surface area contributed by atoms with Crippen LogP contribution in [0.15, 0.2) is 22.8 Å². The Balaban J connectivity index is 1.77. The van der Waals surface area contributed by atoms with Gasteiger partial charge in [0.1, 0.15) is 5.76 Å². The van der Waals surface area contributed by atoms with Gasteiger partial charge in [0, 0.05) is 14.1 Å². The van der Waals surface area contributed by atoms with E-state index < -0.39 is 11.9 Å². The molecule has 1 aliphatic heterocycles. The Morgan fingerprint density at radius 2 is 2.17 bits per heavy atom. The third kappa shape index (κ3) is 4.82. The van der Waals surface area contributed by atoms with Gasteiger partial charge >= 0.3 is 6.03 Å². The Morgan fingerprint density at radius 1 is 1.39 bits per heavy atom. The third-order valence-corrected chi connectivity index (χ3v) is 3.69. The van der Waals surface area contributed by atoms with Crippen LogP contribution in [0.3, 0.4) is 0 Å². The maximum Gasteiger partial charge on any atom is 0.321 e. The highest BCUT2D eigenvalue weighted by atomic mass is 16.3. The van der Waals surface area contributed by atoms with Gasteiger partial charge in [-0.25, -0.2) is 4.79 Å². The van der Waals surface area contributed by atoms with Crippen LogP contribution in [-0.4, -0.2) is 60.9 Å². The SMILES string of the molecule is CN(C)C(=O)C1CCCN1CC(=O)NC(=O)NCc1ccco1. The van der Waals surface area contributed by atoms with E-state index in [0.29, 0.717) is 12.3 Å². The summed E-state index contributed by atoms with van der Waals surface area (Å²) >= 11 is 0. The van der Waals surface area contributed by atoms with Crippen LogP contribution in [0.4, 0.5) is 4.79 Å². The number of urea groups is 1. The first-order chi connectivity index (χ1) is 11.0. The molecule has 1 aliphatic rings. The standard InChI is InChI=1S/C15H22N4O4/c1-18(2)14(21)12-6-3-7-19(12)10-13(20)17-15(22)16-9-11-5-4-8-23-11/h4-5,8,12H,3,6-7,9-10H2,1-2H3,(H2,16,17,20,22). The fourth-order valence-corrected chi connectivity index (χ4v) is 2.57. The lowest BCUT2D eigenvalue weighted by atomic mass is 10.2. The Kier molecular flexibility index (Phi) is 5.75. The maximum atomic E-state index is 12.1. The van der Waals surface area contributed by atoms with Crippen molar-refractivity contribution in [3.63, 3.8) is 0 Å². The quantitative estimate of drug-likeness (QED) is 0.805. The first-order valence-corrected chi connectivity index (χ1v) is 7.52. The highest BCUT2D eigenvalue weighted by Crippen LogP contribution is 2.18. The zero-order chi connectivity index (χ0) is 16.8. The van der Waals surface area contributed by atoms with E-state index in [4.69, 9.17) is 4.42 Å². The minimum Gasteiger partial charge on any atom is -0.467 e. The first kappa shape index (κ1) is 17.0. The fourth-order valence-electron chi connectivity index (χ4n) is 2.57. The molecule has 2 heterocycles. The number of carbonyl (C=O) groups excluding carboxylic acids is 3. The van der Waals surface area contributed by atoms with Gasteiger partial charge in [0.25, 0.3) is 0 Å². The Hall–Kier alpha value is -2.35. The highest BCUT2D eigenvalue weighted by Gasteiger charge is 2.32. The van der Waals surface area contributed by atoms with Crippen LogP contribution in [0.2, 0.25) is 0 Å². The maximum absolute atomic E-state index is 12.1. The normalized spacial score (nSPS) is 17.7. The second kappa shape index (κ2) is 7.77. The van der Waals surface area contributed by atoms with Crippen molar-refractivity contribution >= 4 is 17.8 Å². The first-order valence-electron chi connectivity index (χ1n) is 7.52. The molecule has 8 nitrogen and oxygen atoms in total. The number of imide groups is 1. The van der Waals surface area contributed by atoms with E-state index in [9.17, 15) is 14.4 Å². The molecule has 0 aromatic carbocycles. The number of hydrogen-bond donors (Lipinski definition) is 2. The molecule has 0 spiro atoms. The van der Waals surface area contributed by atoms with Crippen LogP contribution in [0.1, 0.15) is 18.6 Å². The lowest BCUT2D eigenvalue weighted by Crippen LogP contribution is -2.48. The van der Waals surface area contributed by atoms with Gasteiger partial charge in [0.15, 0.2) is 0 Å². The molecule has 23 heavy (non-hydrogen) atoms. The molecule has 1 aromatic heterocycles. The number of likely N-dealkylation sites (tertiary alicyclic amines) is 1. The lowest BCUT2D eigenvalue weighted by Gasteiger charge is -2.25. The van der Waals surface area contributed by atoms with Crippen molar-refractivity contribution in [3.8, 4) is 0 Å². The largest absolute Gasteiger partial charge is 0.467 e. The van der Waals surface area contributed by atoms with Crippen molar-refractivity contribution in [2.75, 3.05) is 27.2 Å². The summed E-state index contributed by atoms with van der Waals surface area (Å²) < 4.78 is 5.08. The third-order valence-electron chi connectivity index (χ3n) is 3.69. The summed E-state index contributed by atoms with van der Waals surface area (Å²) in [6.45, 7) is 0.904. The molecule has 2 N–H and O–H groups in total. The van der Waals surface area contributed by atoms with Crippen molar-refractivity contribution in [1.82, 2.24) is 20.4 Å². The molecule has 1 unspecified atom stereocenters. The van der Waals surface area contributed by atoms with Crippen molar-refractivity contribution < 1.29 is 18.8 Å². The smallest absolute Gasteiger partial charge is 0.321 e. The number of hydrogen-bond acceptors (Lipinski definition) is 5. The minimum atomic E-state index is -0.582. The molecule has 0 saturated carbocycles.